The third-order valence-corrected chi connectivity index (χ3v) is 8.19. The standard InChI is InChI=1S/C20H23NO4S2/c1-15-4-2-3-5-17(15)20-8-9-21(10-13-26-20)27(22,23)16-6-7-18-19(14-16)25-12-11-24-18/h2-7,14,20H,8-13H2,1H3. The van der Waals surface area contributed by atoms with Crippen LogP contribution in [0.2, 0.25) is 0 Å². The largest absolute Gasteiger partial charge is 0.486 e. The maximum atomic E-state index is 13.2. The minimum atomic E-state index is -3.55. The molecule has 0 aromatic heterocycles. The lowest BCUT2D eigenvalue weighted by Crippen LogP contribution is -2.33. The molecule has 2 aliphatic heterocycles. The molecule has 1 fully saturated rings. The third-order valence-electron chi connectivity index (χ3n) is 4.99. The van der Waals surface area contributed by atoms with Gasteiger partial charge in [0.1, 0.15) is 13.2 Å². The zero-order valence-corrected chi connectivity index (χ0v) is 16.9. The summed E-state index contributed by atoms with van der Waals surface area (Å²) in [6.07, 6.45) is 0.805. The van der Waals surface area contributed by atoms with Crippen molar-refractivity contribution in [2.45, 2.75) is 23.5 Å². The highest BCUT2D eigenvalue weighted by atomic mass is 32.2. The van der Waals surface area contributed by atoms with Crippen molar-refractivity contribution in [3.8, 4) is 11.5 Å². The molecule has 0 N–H and O–H groups in total. The molecule has 1 saturated heterocycles. The molecule has 5 nitrogen and oxygen atoms in total. The van der Waals surface area contributed by atoms with Gasteiger partial charge < -0.3 is 9.47 Å². The molecule has 0 spiro atoms. The van der Waals surface area contributed by atoms with Gasteiger partial charge in [-0.1, -0.05) is 24.3 Å². The number of hydrogen-bond acceptors (Lipinski definition) is 5. The minimum absolute atomic E-state index is 0.270. The van der Waals surface area contributed by atoms with Crippen molar-refractivity contribution in [2.75, 3.05) is 32.1 Å². The quantitative estimate of drug-likeness (QED) is 0.780. The minimum Gasteiger partial charge on any atom is -0.486 e. The number of benzene rings is 2. The van der Waals surface area contributed by atoms with Crippen molar-refractivity contribution in [1.82, 2.24) is 4.31 Å². The predicted molar refractivity (Wildman–Crippen MR) is 107 cm³/mol. The van der Waals surface area contributed by atoms with E-state index in [2.05, 4.69) is 25.1 Å². The molecule has 0 amide bonds. The Morgan fingerprint density at radius 2 is 1.81 bits per heavy atom. The Kier molecular flexibility index (Phi) is 5.34. The van der Waals surface area contributed by atoms with Gasteiger partial charge in [0.2, 0.25) is 10.0 Å². The molecule has 4 rings (SSSR count). The second-order valence-corrected chi connectivity index (χ2v) is 9.96. The lowest BCUT2D eigenvalue weighted by molar-refractivity contribution is 0.171. The Bertz CT molecular complexity index is 929. The molecule has 0 saturated carbocycles. The lowest BCUT2D eigenvalue weighted by Gasteiger charge is -2.22. The van der Waals surface area contributed by atoms with Crippen molar-refractivity contribution < 1.29 is 17.9 Å². The molecular formula is C20H23NO4S2. The van der Waals surface area contributed by atoms with E-state index in [0.717, 1.165) is 12.2 Å². The molecule has 0 radical (unpaired) electrons. The number of aryl methyl sites for hydroxylation is 1. The molecule has 2 aromatic carbocycles. The second-order valence-electron chi connectivity index (χ2n) is 6.71. The van der Waals surface area contributed by atoms with Crippen LogP contribution in [0.3, 0.4) is 0 Å². The van der Waals surface area contributed by atoms with Crippen LogP contribution < -0.4 is 9.47 Å². The SMILES string of the molecule is Cc1ccccc1C1CCN(S(=O)(=O)c2ccc3c(c2)OCCO3)CCS1. The van der Waals surface area contributed by atoms with Crippen LogP contribution in [-0.4, -0.2) is 44.8 Å². The van der Waals surface area contributed by atoms with Gasteiger partial charge in [-0.3, -0.25) is 0 Å². The molecular weight excluding hydrogens is 382 g/mol. The Morgan fingerprint density at radius 1 is 1.04 bits per heavy atom. The van der Waals surface area contributed by atoms with Crippen LogP contribution in [0.4, 0.5) is 0 Å². The highest BCUT2D eigenvalue weighted by Gasteiger charge is 2.30. The zero-order chi connectivity index (χ0) is 18.9. The summed E-state index contributed by atoms with van der Waals surface area (Å²) in [7, 11) is -3.55. The fourth-order valence-electron chi connectivity index (χ4n) is 3.52. The molecule has 1 atom stereocenters. The molecule has 1 unspecified atom stereocenters. The van der Waals surface area contributed by atoms with Gasteiger partial charge in [0, 0.05) is 30.2 Å². The second kappa shape index (κ2) is 7.73. The van der Waals surface area contributed by atoms with Crippen molar-refractivity contribution in [3.63, 3.8) is 0 Å². The average Bonchev–Trinajstić information content (AvgIpc) is 2.94. The summed E-state index contributed by atoms with van der Waals surface area (Å²) in [5.41, 5.74) is 2.57. The third kappa shape index (κ3) is 3.81. The topological polar surface area (TPSA) is 55.8 Å². The van der Waals surface area contributed by atoms with Gasteiger partial charge in [0.25, 0.3) is 0 Å². The Hall–Kier alpha value is -1.70. The van der Waals surface area contributed by atoms with Crippen LogP contribution in [0.15, 0.2) is 47.4 Å². The number of nitrogens with zero attached hydrogens (tertiary/aromatic N) is 1. The predicted octanol–water partition coefficient (Wildman–Crippen LogP) is 3.64. The van der Waals surface area contributed by atoms with E-state index in [9.17, 15) is 8.42 Å². The number of sulfonamides is 1. The average molecular weight is 406 g/mol. The molecule has 2 aliphatic rings. The van der Waals surface area contributed by atoms with Crippen LogP contribution in [0.25, 0.3) is 0 Å². The highest BCUT2D eigenvalue weighted by Crippen LogP contribution is 2.38. The molecule has 0 aliphatic carbocycles. The first-order valence-electron chi connectivity index (χ1n) is 9.12. The normalized spacial score (nSPS) is 20.9. The van der Waals surface area contributed by atoms with Crippen LogP contribution in [0.1, 0.15) is 22.8 Å². The summed E-state index contributed by atoms with van der Waals surface area (Å²) in [6, 6.07) is 13.2. The molecule has 0 bridgehead atoms. The van der Waals surface area contributed by atoms with Gasteiger partial charge in [0.05, 0.1) is 4.90 Å². The maximum Gasteiger partial charge on any atom is 0.243 e. The van der Waals surface area contributed by atoms with E-state index in [4.69, 9.17) is 9.47 Å². The lowest BCUT2D eigenvalue weighted by atomic mass is 10.0. The number of rotatable bonds is 3. The Balaban J connectivity index is 1.54. The highest BCUT2D eigenvalue weighted by molar-refractivity contribution is 7.99. The number of hydrogen-bond donors (Lipinski definition) is 0. The van der Waals surface area contributed by atoms with E-state index in [1.165, 1.54) is 11.1 Å². The van der Waals surface area contributed by atoms with Gasteiger partial charge in [0.15, 0.2) is 11.5 Å². The molecule has 7 heteroatoms. The Morgan fingerprint density at radius 3 is 2.63 bits per heavy atom. The van der Waals surface area contributed by atoms with Crippen molar-refractivity contribution in [3.05, 3.63) is 53.6 Å². The summed E-state index contributed by atoms with van der Waals surface area (Å²) in [4.78, 5) is 0.270. The smallest absolute Gasteiger partial charge is 0.243 e. The van der Waals surface area contributed by atoms with E-state index >= 15 is 0 Å². The van der Waals surface area contributed by atoms with Crippen molar-refractivity contribution in [1.29, 1.82) is 0 Å². The van der Waals surface area contributed by atoms with E-state index in [0.29, 0.717) is 43.1 Å². The fraction of sp³-hybridized carbons (Fsp3) is 0.400. The number of fused-ring (bicyclic) bond motifs is 1. The number of thioether (sulfide) groups is 1. The van der Waals surface area contributed by atoms with Crippen molar-refractivity contribution >= 4 is 21.8 Å². The fourth-order valence-corrected chi connectivity index (χ4v) is 6.43. The van der Waals surface area contributed by atoms with Gasteiger partial charge in [-0.2, -0.15) is 16.1 Å². The summed E-state index contributed by atoms with van der Waals surface area (Å²) >= 11 is 1.84. The molecule has 144 valence electrons. The van der Waals surface area contributed by atoms with Crippen LogP contribution in [0.5, 0.6) is 11.5 Å². The first-order chi connectivity index (χ1) is 13.1. The molecule has 27 heavy (non-hydrogen) atoms. The van der Waals surface area contributed by atoms with Gasteiger partial charge >= 0.3 is 0 Å². The monoisotopic (exact) mass is 405 g/mol. The van der Waals surface area contributed by atoms with Crippen LogP contribution in [0, 0.1) is 6.92 Å². The number of ether oxygens (including phenoxy) is 2. The summed E-state index contributed by atoms with van der Waals surface area (Å²) in [5.74, 6) is 1.89. The van der Waals surface area contributed by atoms with Gasteiger partial charge in [-0.25, -0.2) is 8.42 Å². The van der Waals surface area contributed by atoms with Crippen LogP contribution in [-0.2, 0) is 10.0 Å². The first-order valence-corrected chi connectivity index (χ1v) is 11.6. The van der Waals surface area contributed by atoms with E-state index < -0.39 is 10.0 Å². The summed E-state index contributed by atoms with van der Waals surface area (Å²) in [5, 5.41) is 0.326. The molecule has 2 aromatic rings. The van der Waals surface area contributed by atoms with Gasteiger partial charge in [-0.15, -0.1) is 0 Å². The van der Waals surface area contributed by atoms with E-state index in [1.54, 1.807) is 22.5 Å². The Labute approximate surface area is 164 Å². The maximum absolute atomic E-state index is 13.2. The summed E-state index contributed by atoms with van der Waals surface area (Å²) in [6.45, 7) is 4.08. The van der Waals surface area contributed by atoms with Crippen molar-refractivity contribution in [2.24, 2.45) is 0 Å². The van der Waals surface area contributed by atoms with E-state index in [1.807, 2.05) is 17.8 Å². The molecule has 2 heterocycles. The first kappa shape index (κ1) is 18.7. The van der Waals surface area contributed by atoms with Crippen LogP contribution >= 0.6 is 11.8 Å². The summed E-state index contributed by atoms with van der Waals surface area (Å²) < 4.78 is 39.0. The van der Waals surface area contributed by atoms with E-state index in [-0.39, 0.29) is 4.90 Å². The zero-order valence-electron chi connectivity index (χ0n) is 15.3. The van der Waals surface area contributed by atoms with Gasteiger partial charge in [-0.05, 0) is 36.6 Å².